The zero-order chi connectivity index (χ0) is 15.0. The Morgan fingerprint density at radius 1 is 1.29 bits per heavy atom. The lowest BCUT2D eigenvalue weighted by atomic mass is 10.1. The number of para-hydroxylation sites is 1. The van der Waals surface area contributed by atoms with Gasteiger partial charge < -0.3 is 9.52 Å². The SMILES string of the molecule is O=C(O)C1CCCCN1S(=O)(=O)c1cccc2ccoc12. The molecule has 6 nitrogen and oxygen atoms in total. The van der Waals surface area contributed by atoms with Crippen molar-refractivity contribution in [3.8, 4) is 0 Å². The maximum absolute atomic E-state index is 12.8. The molecule has 1 atom stereocenters. The normalized spacial score (nSPS) is 20.7. The van der Waals surface area contributed by atoms with Crippen LogP contribution < -0.4 is 0 Å². The summed E-state index contributed by atoms with van der Waals surface area (Å²) in [4.78, 5) is 11.4. The predicted octanol–water partition coefficient (Wildman–Crippen LogP) is 2.06. The van der Waals surface area contributed by atoms with Crippen molar-refractivity contribution in [3.05, 3.63) is 30.5 Å². The second-order valence-electron chi connectivity index (χ2n) is 5.06. The molecular weight excluding hydrogens is 294 g/mol. The Bertz CT molecular complexity index is 780. The van der Waals surface area contributed by atoms with Crippen molar-refractivity contribution >= 4 is 27.0 Å². The minimum Gasteiger partial charge on any atom is -0.480 e. The maximum Gasteiger partial charge on any atom is 0.322 e. The smallest absolute Gasteiger partial charge is 0.322 e. The first-order valence-electron chi connectivity index (χ1n) is 6.72. The number of nitrogens with zero attached hydrogens (tertiary/aromatic N) is 1. The number of carboxylic acids is 1. The number of fused-ring (bicyclic) bond motifs is 1. The standard InChI is InChI=1S/C14H15NO5S/c16-14(17)11-5-1-2-8-15(11)21(18,19)12-6-3-4-10-7-9-20-13(10)12/h3-4,6-7,9,11H,1-2,5,8H2,(H,16,17). The molecule has 2 aromatic rings. The molecule has 1 aromatic carbocycles. The number of aliphatic carboxylic acids is 1. The highest BCUT2D eigenvalue weighted by Gasteiger charge is 2.38. The molecule has 1 aliphatic rings. The van der Waals surface area contributed by atoms with Crippen LogP contribution in [-0.4, -0.2) is 36.4 Å². The molecule has 2 heterocycles. The van der Waals surface area contributed by atoms with Gasteiger partial charge in [-0.25, -0.2) is 8.42 Å². The third-order valence-corrected chi connectivity index (χ3v) is 5.70. The van der Waals surface area contributed by atoms with Gasteiger partial charge in [-0.3, -0.25) is 4.79 Å². The zero-order valence-electron chi connectivity index (χ0n) is 11.2. The fourth-order valence-electron chi connectivity index (χ4n) is 2.73. The largest absolute Gasteiger partial charge is 0.480 e. The van der Waals surface area contributed by atoms with Crippen molar-refractivity contribution in [2.45, 2.75) is 30.2 Å². The van der Waals surface area contributed by atoms with E-state index >= 15 is 0 Å². The Balaban J connectivity index is 2.11. The van der Waals surface area contributed by atoms with Gasteiger partial charge in [-0.15, -0.1) is 0 Å². The molecule has 112 valence electrons. The number of benzene rings is 1. The average Bonchev–Trinajstić information content (AvgIpc) is 2.95. The van der Waals surface area contributed by atoms with Gasteiger partial charge in [0.2, 0.25) is 10.0 Å². The monoisotopic (exact) mass is 309 g/mol. The first-order chi connectivity index (χ1) is 10.0. The number of hydrogen-bond acceptors (Lipinski definition) is 4. The first-order valence-corrected chi connectivity index (χ1v) is 8.17. The van der Waals surface area contributed by atoms with Crippen molar-refractivity contribution < 1.29 is 22.7 Å². The molecule has 0 amide bonds. The van der Waals surface area contributed by atoms with Crippen molar-refractivity contribution in [2.24, 2.45) is 0 Å². The topological polar surface area (TPSA) is 87.8 Å². The molecule has 0 aliphatic carbocycles. The number of rotatable bonds is 3. The lowest BCUT2D eigenvalue weighted by Crippen LogP contribution is -2.47. The van der Waals surface area contributed by atoms with E-state index in [9.17, 15) is 18.3 Å². The van der Waals surface area contributed by atoms with E-state index in [2.05, 4.69) is 0 Å². The van der Waals surface area contributed by atoms with E-state index in [1.165, 1.54) is 12.3 Å². The van der Waals surface area contributed by atoms with Crippen LogP contribution in [0.1, 0.15) is 19.3 Å². The summed E-state index contributed by atoms with van der Waals surface area (Å²) in [5.74, 6) is -1.11. The van der Waals surface area contributed by atoms with E-state index in [0.717, 1.165) is 4.31 Å². The Morgan fingerprint density at radius 2 is 2.10 bits per heavy atom. The van der Waals surface area contributed by atoms with Gasteiger partial charge in [0.15, 0.2) is 5.58 Å². The van der Waals surface area contributed by atoms with Crippen LogP contribution in [0, 0.1) is 0 Å². The summed E-state index contributed by atoms with van der Waals surface area (Å²) >= 11 is 0. The minimum absolute atomic E-state index is 0.0261. The Labute approximate surface area is 122 Å². The summed E-state index contributed by atoms with van der Waals surface area (Å²) in [5.41, 5.74) is 0.271. The highest BCUT2D eigenvalue weighted by molar-refractivity contribution is 7.89. The van der Waals surface area contributed by atoms with Crippen molar-refractivity contribution in [3.63, 3.8) is 0 Å². The van der Waals surface area contributed by atoms with Gasteiger partial charge in [0, 0.05) is 11.9 Å². The number of furan rings is 1. The van der Waals surface area contributed by atoms with Crippen molar-refractivity contribution in [1.29, 1.82) is 0 Å². The maximum atomic E-state index is 12.8. The van der Waals surface area contributed by atoms with Gasteiger partial charge in [-0.2, -0.15) is 4.31 Å². The predicted molar refractivity (Wildman–Crippen MR) is 75.4 cm³/mol. The summed E-state index contributed by atoms with van der Waals surface area (Å²) < 4.78 is 32.0. The summed E-state index contributed by atoms with van der Waals surface area (Å²) in [5, 5.41) is 9.94. The van der Waals surface area contributed by atoms with Gasteiger partial charge in [0.25, 0.3) is 0 Å². The lowest BCUT2D eigenvalue weighted by Gasteiger charge is -2.31. The van der Waals surface area contributed by atoms with Crippen LogP contribution in [-0.2, 0) is 14.8 Å². The third kappa shape index (κ3) is 2.32. The summed E-state index contributed by atoms with van der Waals surface area (Å²) in [6.45, 7) is 0.219. The molecule has 0 saturated carbocycles. The Kier molecular flexibility index (Phi) is 3.46. The number of hydrogen-bond donors (Lipinski definition) is 1. The third-order valence-electron chi connectivity index (χ3n) is 3.77. The molecule has 1 unspecified atom stereocenters. The van der Waals surface area contributed by atoms with E-state index in [4.69, 9.17) is 4.42 Å². The molecule has 1 saturated heterocycles. The number of piperidine rings is 1. The Hall–Kier alpha value is -1.86. The van der Waals surface area contributed by atoms with E-state index in [0.29, 0.717) is 24.6 Å². The average molecular weight is 309 g/mol. The molecular formula is C14H15NO5S. The van der Waals surface area contributed by atoms with E-state index in [-0.39, 0.29) is 17.0 Å². The highest BCUT2D eigenvalue weighted by Crippen LogP contribution is 2.30. The van der Waals surface area contributed by atoms with Gasteiger partial charge in [-0.1, -0.05) is 12.1 Å². The Morgan fingerprint density at radius 3 is 2.86 bits per heavy atom. The van der Waals surface area contributed by atoms with Gasteiger partial charge >= 0.3 is 5.97 Å². The quantitative estimate of drug-likeness (QED) is 0.937. The molecule has 3 rings (SSSR count). The van der Waals surface area contributed by atoms with Gasteiger partial charge in [-0.05, 0) is 31.4 Å². The lowest BCUT2D eigenvalue weighted by molar-refractivity contribution is -0.142. The summed E-state index contributed by atoms with van der Waals surface area (Å²) in [6, 6.07) is 5.51. The van der Waals surface area contributed by atoms with E-state index < -0.39 is 22.0 Å². The fraction of sp³-hybridized carbons (Fsp3) is 0.357. The molecule has 21 heavy (non-hydrogen) atoms. The molecule has 1 aliphatic heterocycles. The number of carbonyl (C=O) groups is 1. The minimum atomic E-state index is -3.89. The first kappa shape index (κ1) is 14.1. The fourth-order valence-corrected chi connectivity index (χ4v) is 4.54. The molecule has 0 bridgehead atoms. The summed E-state index contributed by atoms with van der Waals surface area (Å²) in [7, 11) is -3.89. The van der Waals surface area contributed by atoms with Crippen LogP contribution in [0.4, 0.5) is 0 Å². The van der Waals surface area contributed by atoms with Gasteiger partial charge in [0.1, 0.15) is 10.9 Å². The molecule has 1 aromatic heterocycles. The highest BCUT2D eigenvalue weighted by atomic mass is 32.2. The molecule has 0 radical (unpaired) electrons. The van der Waals surface area contributed by atoms with Crippen molar-refractivity contribution in [2.75, 3.05) is 6.54 Å². The van der Waals surface area contributed by atoms with Gasteiger partial charge in [0.05, 0.1) is 6.26 Å². The zero-order valence-corrected chi connectivity index (χ0v) is 12.0. The van der Waals surface area contributed by atoms with Crippen LogP contribution in [0.2, 0.25) is 0 Å². The second kappa shape index (κ2) is 5.16. The van der Waals surface area contributed by atoms with E-state index in [1.54, 1.807) is 18.2 Å². The number of sulfonamides is 1. The molecule has 0 spiro atoms. The van der Waals surface area contributed by atoms with Crippen LogP contribution >= 0.6 is 0 Å². The molecule has 1 N–H and O–H groups in total. The van der Waals surface area contributed by atoms with Crippen LogP contribution in [0.3, 0.4) is 0 Å². The molecule has 1 fully saturated rings. The number of carboxylic acid groups (broad SMARTS) is 1. The van der Waals surface area contributed by atoms with Crippen LogP contribution in [0.15, 0.2) is 39.8 Å². The van der Waals surface area contributed by atoms with Crippen LogP contribution in [0.25, 0.3) is 11.0 Å². The molecule has 7 heteroatoms. The van der Waals surface area contributed by atoms with Crippen LogP contribution in [0.5, 0.6) is 0 Å². The van der Waals surface area contributed by atoms with E-state index in [1.807, 2.05) is 0 Å². The van der Waals surface area contributed by atoms with Crippen molar-refractivity contribution in [1.82, 2.24) is 4.31 Å². The second-order valence-corrected chi connectivity index (χ2v) is 6.92. The summed E-state index contributed by atoms with van der Waals surface area (Å²) in [6.07, 6.45) is 3.14.